The smallest absolute Gasteiger partial charge is 0.253 e. The van der Waals surface area contributed by atoms with Crippen LogP contribution in [0.4, 0.5) is 0 Å². The van der Waals surface area contributed by atoms with E-state index in [4.69, 9.17) is 11.6 Å². The maximum absolute atomic E-state index is 12.8. The van der Waals surface area contributed by atoms with Gasteiger partial charge in [-0.3, -0.25) is 9.78 Å². The van der Waals surface area contributed by atoms with Crippen molar-refractivity contribution in [1.82, 2.24) is 25.1 Å². The summed E-state index contributed by atoms with van der Waals surface area (Å²) in [4.78, 5) is 17.1. The Morgan fingerprint density at radius 3 is 3.12 bits per heavy atom. The minimum atomic E-state index is -0.152. The number of amides is 1. The fraction of sp³-hybridized carbons (Fsp3) is 0.294. The van der Waals surface area contributed by atoms with E-state index in [1.54, 1.807) is 12.3 Å². The molecule has 0 saturated heterocycles. The summed E-state index contributed by atoms with van der Waals surface area (Å²) in [5.74, 6) is 1.70. The van der Waals surface area contributed by atoms with Gasteiger partial charge in [0.05, 0.1) is 11.1 Å². The van der Waals surface area contributed by atoms with Gasteiger partial charge in [-0.05, 0) is 31.5 Å². The van der Waals surface area contributed by atoms with Crippen LogP contribution in [-0.4, -0.2) is 31.7 Å². The van der Waals surface area contributed by atoms with E-state index in [1.165, 1.54) is 0 Å². The van der Waals surface area contributed by atoms with Crippen LogP contribution in [0, 0.1) is 6.92 Å². The average Bonchev–Trinajstić information content (AvgIpc) is 2.95. The molecule has 4 rings (SSSR count). The fourth-order valence-electron chi connectivity index (χ4n) is 3.17. The molecule has 24 heavy (non-hydrogen) atoms. The molecule has 0 bridgehead atoms. The fourth-order valence-corrected chi connectivity index (χ4v) is 3.40. The van der Waals surface area contributed by atoms with Gasteiger partial charge in [-0.2, -0.15) is 0 Å². The van der Waals surface area contributed by atoms with Crippen molar-refractivity contribution in [2.75, 3.05) is 0 Å². The summed E-state index contributed by atoms with van der Waals surface area (Å²) in [6.07, 6.45) is 3.33. The van der Waals surface area contributed by atoms with Crippen LogP contribution in [0.1, 0.15) is 28.4 Å². The van der Waals surface area contributed by atoms with E-state index in [9.17, 15) is 4.79 Å². The molecule has 0 aliphatic carbocycles. The lowest BCUT2D eigenvalue weighted by Gasteiger charge is -2.25. The molecule has 2 aromatic heterocycles. The number of rotatable bonds is 2. The van der Waals surface area contributed by atoms with E-state index in [0.717, 1.165) is 29.9 Å². The van der Waals surface area contributed by atoms with Crippen LogP contribution in [0.25, 0.3) is 10.9 Å². The summed E-state index contributed by atoms with van der Waals surface area (Å²) in [5, 5.41) is 12.7. The Labute approximate surface area is 143 Å². The van der Waals surface area contributed by atoms with Gasteiger partial charge < -0.3 is 9.88 Å². The third kappa shape index (κ3) is 2.63. The largest absolute Gasteiger partial charge is 0.347 e. The number of aromatic nitrogens is 4. The maximum atomic E-state index is 12.8. The zero-order valence-corrected chi connectivity index (χ0v) is 13.9. The van der Waals surface area contributed by atoms with E-state index < -0.39 is 0 Å². The second kappa shape index (κ2) is 5.87. The molecular formula is C17H16ClN5O. The summed E-state index contributed by atoms with van der Waals surface area (Å²) in [5.41, 5.74) is 1.17. The summed E-state index contributed by atoms with van der Waals surface area (Å²) in [7, 11) is 0. The van der Waals surface area contributed by atoms with Crippen molar-refractivity contribution >= 4 is 28.4 Å². The number of nitrogens with zero attached hydrogens (tertiary/aromatic N) is 4. The molecule has 0 saturated carbocycles. The first kappa shape index (κ1) is 15.1. The van der Waals surface area contributed by atoms with Gasteiger partial charge in [-0.15, -0.1) is 10.2 Å². The number of aryl methyl sites for hydroxylation is 2. The lowest BCUT2D eigenvalue weighted by atomic mass is 10.0. The second-order valence-electron chi connectivity index (χ2n) is 6.01. The van der Waals surface area contributed by atoms with Crippen molar-refractivity contribution < 1.29 is 4.79 Å². The Morgan fingerprint density at radius 1 is 1.38 bits per heavy atom. The zero-order chi connectivity index (χ0) is 16.7. The lowest BCUT2D eigenvalue weighted by Crippen LogP contribution is -2.41. The van der Waals surface area contributed by atoms with Crippen LogP contribution >= 0.6 is 11.6 Å². The molecule has 1 aliphatic heterocycles. The van der Waals surface area contributed by atoms with E-state index in [0.29, 0.717) is 22.6 Å². The van der Waals surface area contributed by atoms with Gasteiger partial charge in [-0.25, -0.2) is 0 Å². The maximum Gasteiger partial charge on any atom is 0.253 e. The van der Waals surface area contributed by atoms with Gasteiger partial charge in [0.2, 0.25) is 0 Å². The summed E-state index contributed by atoms with van der Waals surface area (Å²) < 4.78 is 2.06. The van der Waals surface area contributed by atoms with Crippen LogP contribution in [0.2, 0.25) is 5.02 Å². The van der Waals surface area contributed by atoms with Crippen molar-refractivity contribution in [3.8, 4) is 0 Å². The number of nitrogens with one attached hydrogen (secondary N) is 1. The molecule has 1 N–H and O–H groups in total. The molecule has 3 aromatic rings. The van der Waals surface area contributed by atoms with E-state index >= 15 is 0 Å². The van der Waals surface area contributed by atoms with Gasteiger partial charge in [-0.1, -0.05) is 17.7 Å². The zero-order valence-electron chi connectivity index (χ0n) is 13.2. The quantitative estimate of drug-likeness (QED) is 0.777. The van der Waals surface area contributed by atoms with Crippen molar-refractivity contribution in [1.29, 1.82) is 0 Å². The summed E-state index contributed by atoms with van der Waals surface area (Å²) in [6, 6.07) is 7.26. The number of halogens is 1. The van der Waals surface area contributed by atoms with Gasteiger partial charge in [0.25, 0.3) is 5.91 Å². The highest BCUT2D eigenvalue weighted by molar-refractivity contribution is 6.32. The first-order valence-corrected chi connectivity index (χ1v) is 8.23. The predicted molar refractivity (Wildman–Crippen MR) is 91.1 cm³/mol. The van der Waals surface area contributed by atoms with Crippen molar-refractivity contribution in [2.24, 2.45) is 0 Å². The van der Waals surface area contributed by atoms with E-state index in [1.807, 2.05) is 25.1 Å². The molecule has 3 heterocycles. The van der Waals surface area contributed by atoms with Crippen LogP contribution < -0.4 is 5.32 Å². The average molecular weight is 342 g/mol. The van der Waals surface area contributed by atoms with Gasteiger partial charge >= 0.3 is 0 Å². The molecule has 1 atom stereocenters. The summed E-state index contributed by atoms with van der Waals surface area (Å²) in [6.45, 7) is 2.61. The van der Waals surface area contributed by atoms with Crippen molar-refractivity contribution in [2.45, 2.75) is 32.4 Å². The Bertz CT molecular complexity index is 936. The van der Waals surface area contributed by atoms with Gasteiger partial charge in [0.1, 0.15) is 11.6 Å². The topological polar surface area (TPSA) is 72.7 Å². The predicted octanol–water partition coefficient (Wildman–Crippen LogP) is 2.53. The molecule has 0 fully saturated rings. The van der Waals surface area contributed by atoms with Crippen molar-refractivity contribution in [3.63, 3.8) is 0 Å². The molecule has 1 aliphatic rings. The first-order chi connectivity index (χ1) is 11.6. The van der Waals surface area contributed by atoms with Gasteiger partial charge in [0, 0.05) is 35.6 Å². The molecule has 0 radical (unpaired) electrons. The Balaban J connectivity index is 1.60. The number of benzene rings is 1. The number of carbonyl (C=O) groups is 1. The Morgan fingerprint density at radius 2 is 2.25 bits per heavy atom. The number of hydrogen-bond donors (Lipinski definition) is 1. The second-order valence-corrected chi connectivity index (χ2v) is 6.45. The first-order valence-electron chi connectivity index (χ1n) is 7.85. The molecule has 6 nitrogen and oxygen atoms in total. The molecule has 0 spiro atoms. The molecule has 1 amide bonds. The summed E-state index contributed by atoms with van der Waals surface area (Å²) >= 11 is 6.16. The number of pyridine rings is 1. The monoisotopic (exact) mass is 341 g/mol. The van der Waals surface area contributed by atoms with E-state index in [2.05, 4.69) is 25.1 Å². The van der Waals surface area contributed by atoms with Crippen molar-refractivity contribution in [3.05, 3.63) is 52.7 Å². The number of fused-ring (bicyclic) bond motifs is 2. The molecule has 7 heteroatoms. The van der Waals surface area contributed by atoms with Gasteiger partial charge in [0.15, 0.2) is 0 Å². The number of hydrogen-bond acceptors (Lipinski definition) is 4. The normalized spacial score (nSPS) is 16.8. The minimum absolute atomic E-state index is 0.0393. The van der Waals surface area contributed by atoms with Crippen LogP contribution in [-0.2, 0) is 13.0 Å². The molecule has 1 aromatic carbocycles. The highest BCUT2D eigenvalue weighted by Crippen LogP contribution is 2.23. The molecular weight excluding hydrogens is 326 g/mol. The minimum Gasteiger partial charge on any atom is -0.347 e. The highest BCUT2D eigenvalue weighted by atomic mass is 35.5. The van der Waals surface area contributed by atoms with Crippen LogP contribution in [0.3, 0.4) is 0 Å². The standard InChI is InChI=1S/C17H16ClN5O/c1-10-21-22-15-5-4-13(9-23(10)15)20-17(24)14-8-12(18)7-11-3-2-6-19-16(11)14/h2-3,6-8,13H,4-5,9H2,1H3,(H,20,24). The lowest BCUT2D eigenvalue weighted by molar-refractivity contribution is 0.0929. The number of carbonyl (C=O) groups excluding carboxylic acids is 1. The van der Waals surface area contributed by atoms with E-state index in [-0.39, 0.29) is 11.9 Å². The molecule has 1 unspecified atom stereocenters. The SMILES string of the molecule is Cc1nnc2n1CC(NC(=O)c1cc(Cl)cc3cccnc13)CC2. The third-order valence-corrected chi connectivity index (χ3v) is 4.60. The highest BCUT2D eigenvalue weighted by Gasteiger charge is 2.24. The third-order valence-electron chi connectivity index (χ3n) is 4.38. The van der Waals surface area contributed by atoms with Crippen LogP contribution in [0.15, 0.2) is 30.5 Å². The van der Waals surface area contributed by atoms with Crippen LogP contribution in [0.5, 0.6) is 0 Å². The molecule has 122 valence electrons. The Hall–Kier alpha value is -2.47. The Kier molecular flexibility index (Phi) is 3.69.